The molecule has 0 spiro atoms. The number of hydrogen-bond acceptors (Lipinski definition) is 5. The average molecular weight is 534 g/mol. The van der Waals surface area contributed by atoms with E-state index in [9.17, 15) is 4.79 Å². The van der Waals surface area contributed by atoms with E-state index in [-0.39, 0.29) is 36.1 Å². The van der Waals surface area contributed by atoms with Crippen LogP contribution in [-0.2, 0) is 11.2 Å². The van der Waals surface area contributed by atoms with Crippen LogP contribution in [-0.4, -0.2) is 69.5 Å². The maximum atomic E-state index is 12.0. The third kappa shape index (κ3) is 8.08. The predicted octanol–water partition coefficient (Wildman–Crippen LogP) is 3.04. The number of nitrogens with one attached hydrogen (secondary N) is 2. The molecule has 0 saturated carbocycles. The number of benzene rings is 1. The first-order valence-electron chi connectivity index (χ1n) is 9.91. The van der Waals surface area contributed by atoms with Gasteiger partial charge in [-0.1, -0.05) is 0 Å². The van der Waals surface area contributed by atoms with E-state index in [4.69, 9.17) is 14.2 Å². The molecule has 1 aliphatic rings. The lowest BCUT2D eigenvalue weighted by molar-refractivity contribution is 0.0507. The van der Waals surface area contributed by atoms with Gasteiger partial charge in [-0.15, -0.1) is 24.0 Å². The number of guanidine groups is 1. The van der Waals surface area contributed by atoms with Crippen LogP contribution in [0, 0.1) is 0 Å². The fourth-order valence-corrected chi connectivity index (χ4v) is 3.26. The van der Waals surface area contributed by atoms with Gasteiger partial charge in [0.05, 0.1) is 20.3 Å². The van der Waals surface area contributed by atoms with Gasteiger partial charge >= 0.3 is 6.09 Å². The molecule has 2 N–H and O–H groups in total. The largest absolute Gasteiger partial charge is 0.497 e. The lowest BCUT2D eigenvalue weighted by atomic mass is 10.1. The van der Waals surface area contributed by atoms with Gasteiger partial charge in [-0.2, -0.15) is 0 Å². The number of nitrogens with zero attached hydrogens (tertiary/aromatic N) is 2. The molecule has 9 heteroatoms. The van der Waals surface area contributed by atoms with Crippen LogP contribution in [0.15, 0.2) is 23.2 Å². The molecule has 1 amide bonds. The minimum Gasteiger partial charge on any atom is -0.497 e. The highest BCUT2D eigenvalue weighted by atomic mass is 127. The molecule has 1 atom stereocenters. The van der Waals surface area contributed by atoms with Gasteiger partial charge < -0.3 is 29.7 Å². The van der Waals surface area contributed by atoms with Crippen molar-refractivity contribution in [3.8, 4) is 11.5 Å². The minimum atomic E-state index is -0.499. The quantitative estimate of drug-likeness (QED) is 0.332. The molecule has 1 aliphatic heterocycles. The molecule has 1 saturated heterocycles. The molecule has 1 heterocycles. The molecule has 0 aliphatic carbocycles. The molecule has 0 radical (unpaired) electrons. The molecule has 30 heavy (non-hydrogen) atoms. The SMILES string of the molecule is CN=C(NCCc1cc(OC)ccc1OC)N1CCC(NC(=O)OC(C)(C)C)C1.I. The highest BCUT2D eigenvalue weighted by Gasteiger charge is 2.27. The molecule has 1 unspecified atom stereocenters. The number of halogens is 1. The van der Waals surface area contributed by atoms with Crippen LogP contribution < -0.4 is 20.1 Å². The van der Waals surface area contributed by atoms with Crippen molar-refractivity contribution in [1.29, 1.82) is 0 Å². The predicted molar refractivity (Wildman–Crippen MR) is 129 cm³/mol. The van der Waals surface area contributed by atoms with Crippen LogP contribution >= 0.6 is 24.0 Å². The molecule has 2 rings (SSSR count). The molecule has 1 fully saturated rings. The Morgan fingerprint density at radius 1 is 1.27 bits per heavy atom. The standard InChI is InChI=1S/C21H34N4O4.HI/c1-21(2,3)29-20(26)24-16-10-12-25(14-16)19(22-4)23-11-9-15-13-17(27-5)7-8-18(15)28-6;/h7-8,13,16H,9-12,14H2,1-6H3,(H,22,23)(H,24,26);1H. The summed E-state index contributed by atoms with van der Waals surface area (Å²) in [6.45, 7) is 7.80. The summed E-state index contributed by atoms with van der Waals surface area (Å²) < 4.78 is 16.1. The van der Waals surface area contributed by atoms with Crippen molar-refractivity contribution in [2.24, 2.45) is 4.99 Å². The second-order valence-corrected chi connectivity index (χ2v) is 7.98. The lowest BCUT2D eigenvalue weighted by Crippen LogP contribution is -2.44. The molecule has 8 nitrogen and oxygen atoms in total. The summed E-state index contributed by atoms with van der Waals surface area (Å²) in [6, 6.07) is 5.83. The zero-order valence-electron chi connectivity index (χ0n) is 18.8. The Morgan fingerprint density at radius 2 is 2.00 bits per heavy atom. The number of likely N-dealkylation sites (tertiary alicyclic amines) is 1. The molecular formula is C21H35IN4O4. The first-order chi connectivity index (χ1) is 13.8. The summed E-state index contributed by atoms with van der Waals surface area (Å²) >= 11 is 0. The monoisotopic (exact) mass is 534 g/mol. The molecule has 0 bridgehead atoms. The van der Waals surface area contributed by atoms with Crippen LogP contribution in [0.25, 0.3) is 0 Å². The van der Waals surface area contributed by atoms with Crippen molar-refractivity contribution in [3.63, 3.8) is 0 Å². The second kappa shape index (κ2) is 12.1. The number of hydrogen-bond donors (Lipinski definition) is 2. The lowest BCUT2D eigenvalue weighted by Gasteiger charge is -2.23. The number of alkyl carbamates (subject to hydrolysis) is 1. The Labute approximate surface area is 196 Å². The van der Waals surface area contributed by atoms with Crippen molar-refractivity contribution in [2.75, 3.05) is 40.9 Å². The molecule has 0 aromatic heterocycles. The number of aliphatic imine (C=N–C) groups is 1. The van der Waals surface area contributed by atoms with Crippen molar-refractivity contribution in [2.45, 2.75) is 45.3 Å². The van der Waals surface area contributed by atoms with E-state index in [0.29, 0.717) is 13.1 Å². The van der Waals surface area contributed by atoms with Crippen LogP contribution in [0.3, 0.4) is 0 Å². The van der Waals surface area contributed by atoms with E-state index >= 15 is 0 Å². The number of amides is 1. The first kappa shape index (κ1) is 26.1. The minimum absolute atomic E-state index is 0. The van der Waals surface area contributed by atoms with Crippen LogP contribution in [0.4, 0.5) is 4.79 Å². The fraction of sp³-hybridized carbons (Fsp3) is 0.619. The highest BCUT2D eigenvalue weighted by Crippen LogP contribution is 2.24. The summed E-state index contributed by atoms with van der Waals surface area (Å²) in [4.78, 5) is 18.5. The summed E-state index contributed by atoms with van der Waals surface area (Å²) in [5, 5.41) is 6.33. The molecule has 1 aromatic carbocycles. The van der Waals surface area contributed by atoms with Crippen molar-refractivity contribution >= 4 is 36.0 Å². The first-order valence-corrected chi connectivity index (χ1v) is 9.91. The third-order valence-electron chi connectivity index (χ3n) is 4.59. The Morgan fingerprint density at radius 3 is 2.60 bits per heavy atom. The maximum Gasteiger partial charge on any atom is 0.407 e. The highest BCUT2D eigenvalue weighted by molar-refractivity contribution is 14.0. The van der Waals surface area contributed by atoms with Crippen molar-refractivity contribution < 1.29 is 19.0 Å². The van der Waals surface area contributed by atoms with Gasteiger partial charge in [-0.25, -0.2) is 4.79 Å². The number of rotatable bonds is 6. The number of ether oxygens (including phenoxy) is 3. The maximum absolute atomic E-state index is 12.0. The van der Waals surface area contributed by atoms with E-state index in [1.54, 1.807) is 21.3 Å². The molecular weight excluding hydrogens is 499 g/mol. The van der Waals surface area contributed by atoms with E-state index in [1.165, 1.54) is 0 Å². The Bertz CT molecular complexity index is 721. The number of carbonyl (C=O) groups excluding carboxylic acids is 1. The number of methoxy groups -OCH3 is 2. The van der Waals surface area contributed by atoms with Gasteiger partial charge in [-0.3, -0.25) is 4.99 Å². The summed E-state index contributed by atoms with van der Waals surface area (Å²) in [6.07, 6.45) is 1.24. The van der Waals surface area contributed by atoms with E-state index in [0.717, 1.165) is 42.4 Å². The van der Waals surface area contributed by atoms with Crippen molar-refractivity contribution in [3.05, 3.63) is 23.8 Å². The van der Waals surface area contributed by atoms with Crippen LogP contribution in [0.5, 0.6) is 11.5 Å². The van der Waals surface area contributed by atoms with Crippen LogP contribution in [0.2, 0.25) is 0 Å². The topological polar surface area (TPSA) is 84.4 Å². The van der Waals surface area contributed by atoms with E-state index in [2.05, 4.69) is 20.5 Å². The summed E-state index contributed by atoms with van der Waals surface area (Å²) in [7, 11) is 5.09. The summed E-state index contributed by atoms with van der Waals surface area (Å²) in [5.74, 6) is 2.46. The Kier molecular flexibility index (Phi) is 10.5. The van der Waals surface area contributed by atoms with Gasteiger partial charge in [-0.05, 0) is 57.4 Å². The number of carbonyl (C=O) groups is 1. The fourth-order valence-electron chi connectivity index (χ4n) is 3.26. The van der Waals surface area contributed by atoms with E-state index in [1.807, 2.05) is 39.0 Å². The zero-order valence-corrected chi connectivity index (χ0v) is 21.1. The second-order valence-electron chi connectivity index (χ2n) is 7.98. The molecule has 1 aromatic rings. The Hall–Kier alpha value is -1.91. The normalized spacial score (nSPS) is 16.5. The van der Waals surface area contributed by atoms with Gasteiger partial charge in [0.1, 0.15) is 17.1 Å². The van der Waals surface area contributed by atoms with Crippen LogP contribution in [0.1, 0.15) is 32.8 Å². The zero-order chi connectivity index (χ0) is 21.4. The van der Waals surface area contributed by atoms with Gasteiger partial charge in [0.25, 0.3) is 0 Å². The van der Waals surface area contributed by atoms with E-state index < -0.39 is 5.60 Å². The smallest absolute Gasteiger partial charge is 0.407 e. The third-order valence-corrected chi connectivity index (χ3v) is 4.59. The Balaban J connectivity index is 0.00000450. The molecule has 170 valence electrons. The van der Waals surface area contributed by atoms with Gasteiger partial charge in [0.2, 0.25) is 0 Å². The summed E-state index contributed by atoms with van der Waals surface area (Å²) in [5.41, 5.74) is 0.571. The van der Waals surface area contributed by atoms with Crippen molar-refractivity contribution in [1.82, 2.24) is 15.5 Å². The van der Waals surface area contributed by atoms with Gasteiger partial charge in [0.15, 0.2) is 5.96 Å². The average Bonchev–Trinajstić information content (AvgIpc) is 3.11. The van der Waals surface area contributed by atoms with Gasteiger partial charge in [0, 0.05) is 26.7 Å².